The molecule has 62 valence electrons. The third-order valence-corrected chi connectivity index (χ3v) is 2.42. The topological polar surface area (TPSA) is 26.3 Å². The van der Waals surface area contributed by atoms with Gasteiger partial charge in [-0.1, -0.05) is 13.8 Å². The largest absolute Gasteiger partial charge is 0.515 e. The average molecular weight is 153 g/mol. The van der Waals surface area contributed by atoms with E-state index in [1.807, 2.05) is 13.8 Å². The molecule has 0 amide bonds. The Kier molecular flexibility index (Phi) is 2.45. The fourth-order valence-corrected chi connectivity index (χ4v) is 1.27. The quantitative estimate of drug-likeness (QED) is 0.529. The first-order valence-corrected chi connectivity index (χ1v) is 3.86. The van der Waals surface area contributed by atoms with E-state index in [-0.39, 0.29) is 30.3 Å². The molecule has 3 atom stereocenters. The van der Waals surface area contributed by atoms with E-state index in [1.165, 1.54) is 6.08 Å². The number of ketones is 1. The summed E-state index contributed by atoms with van der Waals surface area (Å²) in [6.07, 6.45) is 1.47. The van der Waals surface area contributed by atoms with Crippen LogP contribution in [0.1, 0.15) is 13.8 Å². The SMILES string of the molecule is [CH-]=CC1OCC(=O)C(C)C1C. The lowest BCUT2D eigenvalue weighted by Gasteiger charge is -2.32. The van der Waals surface area contributed by atoms with Crippen molar-refractivity contribution in [2.75, 3.05) is 6.61 Å². The summed E-state index contributed by atoms with van der Waals surface area (Å²) in [5, 5.41) is 0. The molecule has 1 rings (SSSR count). The molecule has 1 aliphatic rings. The van der Waals surface area contributed by atoms with E-state index in [9.17, 15) is 4.79 Å². The maximum Gasteiger partial charge on any atom is 0.161 e. The normalized spacial score (nSPS) is 38.7. The van der Waals surface area contributed by atoms with Gasteiger partial charge in [-0.05, 0) is 5.92 Å². The number of rotatable bonds is 1. The third-order valence-electron chi connectivity index (χ3n) is 2.42. The Labute approximate surface area is 67.2 Å². The van der Waals surface area contributed by atoms with Gasteiger partial charge in [0, 0.05) is 12.0 Å². The lowest BCUT2D eigenvalue weighted by molar-refractivity contribution is -0.139. The Balaban J connectivity index is 2.66. The zero-order chi connectivity index (χ0) is 8.43. The number of carbonyl (C=O) groups excluding carboxylic acids is 1. The van der Waals surface area contributed by atoms with Gasteiger partial charge in [0.05, 0.1) is 0 Å². The van der Waals surface area contributed by atoms with E-state index in [2.05, 4.69) is 0 Å². The van der Waals surface area contributed by atoms with E-state index in [0.29, 0.717) is 0 Å². The minimum atomic E-state index is -0.0531. The molecule has 3 unspecified atom stereocenters. The molecule has 1 saturated heterocycles. The summed E-state index contributed by atoms with van der Waals surface area (Å²) in [4.78, 5) is 11.1. The highest BCUT2D eigenvalue weighted by Gasteiger charge is 2.30. The van der Waals surface area contributed by atoms with Crippen LogP contribution in [-0.2, 0) is 9.53 Å². The fourth-order valence-electron chi connectivity index (χ4n) is 1.27. The Morgan fingerprint density at radius 2 is 2.27 bits per heavy atom. The molecule has 0 aliphatic carbocycles. The summed E-state index contributed by atoms with van der Waals surface area (Å²) in [6, 6.07) is 0. The molecular formula is C9H13O2-. The highest BCUT2D eigenvalue weighted by molar-refractivity contribution is 5.82. The maximum absolute atomic E-state index is 11.1. The van der Waals surface area contributed by atoms with E-state index in [0.717, 1.165) is 0 Å². The number of Topliss-reactive ketones (excluding diaryl/α,β-unsaturated/α-hetero) is 1. The van der Waals surface area contributed by atoms with Gasteiger partial charge < -0.3 is 11.3 Å². The number of hydrogen-bond donors (Lipinski definition) is 0. The van der Waals surface area contributed by atoms with Gasteiger partial charge in [0.25, 0.3) is 0 Å². The smallest absolute Gasteiger partial charge is 0.161 e. The molecule has 1 heterocycles. The average Bonchev–Trinajstić information content (AvgIpc) is 2.01. The van der Waals surface area contributed by atoms with E-state index in [4.69, 9.17) is 11.3 Å². The van der Waals surface area contributed by atoms with Gasteiger partial charge in [-0.3, -0.25) is 4.79 Å². The van der Waals surface area contributed by atoms with Gasteiger partial charge in [-0.15, -0.1) is 0 Å². The van der Waals surface area contributed by atoms with Gasteiger partial charge >= 0.3 is 0 Å². The number of carbonyl (C=O) groups is 1. The number of ether oxygens (including phenoxy) is 1. The number of hydrogen-bond acceptors (Lipinski definition) is 2. The molecule has 1 fully saturated rings. The second-order valence-corrected chi connectivity index (χ2v) is 3.08. The summed E-state index contributed by atoms with van der Waals surface area (Å²) in [6.45, 7) is 9.46. The summed E-state index contributed by atoms with van der Waals surface area (Å²) in [7, 11) is 0. The molecular weight excluding hydrogens is 140 g/mol. The van der Waals surface area contributed by atoms with Gasteiger partial charge in [-0.2, -0.15) is 0 Å². The van der Waals surface area contributed by atoms with Crippen LogP contribution in [0.3, 0.4) is 0 Å². The molecule has 2 heteroatoms. The lowest BCUT2D eigenvalue weighted by atomic mass is 9.85. The minimum Gasteiger partial charge on any atom is -0.515 e. The van der Waals surface area contributed by atoms with Crippen molar-refractivity contribution in [1.82, 2.24) is 0 Å². The lowest BCUT2D eigenvalue weighted by Crippen LogP contribution is -2.38. The summed E-state index contributed by atoms with van der Waals surface area (Å²) in [5.41, 5.74) is 0. The first-order chi connectivity index (χ1) is 5.16. The predicted octanol–water partition coefficient (Wildman–Crippen LogP) is 1.22. The summed E-state index contributed by atoms with van der Waals surface area (Å²) >= 11 is 0. The molecule has 0 saturated carbocycles. The molecule has 0 bridgehead atoms. The van der Waals surface area contributed by atoms with Crippen LogP contribution < -0.4 is 0 Å². The van der Waals surface area contributed by atoms with Gasteiger partial charge in [-0.25, -0.2) is 6.08 Å². The monoisotopic (exact) mass is 153 g/mol. The molecule has 0 aromatic carbocycles. The summed E-state index contributed by atoms with van der Waals surface area (Å²) in [5.74, 6) is 0.463. The first kappa shape index (κ1) is 8.47. The van der Waals surface area contributed by atoms with Crippen molar-refractivity contribution in [3.8, 4) is 0 Å². The molecule has 2 nitrogen and oxygen atoms in total. The Morgan fingerprint density at radius 3 is 2.82 bits per heavy atom. The van der Waals surface area contributed by atoms with Gasteiger partial charge in [0.15, 0.2) is 5.78 Å². The molecule has 0 N–H and O–H groups in total. The van der Waals surface area contributed by atoms with Crippen LogP contribution >= 0.6 is 0 Å². The second kappa shape index (κ2) is 3.18. The Hall–Kier alpha value is -0.630. The standard InChI is InChI=1S/C9H13O2/c1-4-9-7(3)6(2)8(10)5-11-9/h1,4,6-7,9H,5H2,2-3H3/q-1. The maximum atomic E-state index is 11.1. The zero-order valence-corrected chi connectivity index (χ0v) is 6.91. The van der Waals surface area contributed by atoms with Crippen molar-refractivity contribution < 1.29 is 9.53 Å². The van der Waals surface area contributed by atoms with E-state index < -0.39 is 0 Å². The molecule has 0 radical (unpaired) electrons. The van der Waals surface area contributed by atoms with Crippen LogP contribution in [0.25, 0.3) is 0 Å². The molecule has 0 spiro atoms. The highest BCUT2D eigenvalue weighted by atomic mass is 16.5. The highest BCUT2D eigenvalue weighted by Crippen LogP contribution is 2.24. The van der Waals surface area contributed by atoms with Crippen molar-refractivity contribution in [1.29, 1.82) is 0 Å². The van der Waals surface area contributed by atoms with Crippen molar-refractivity contribution in [3.05, 3.63) is 12.7 Å². The van der Waals surface area contributed by atoms with Crippen molar-refractivity contribution in [2.45, 2.75) is 20.0 Å². The van der Waals surface area contributed by atoms with Crippen LogP contribution in [0.15, 0.2) is 6.08 Å². The second-order valence-electron chi connectivity index (χ2n) is 3.08. The fraction of sp³-hybridized carbons (Fsp3) is 0.667. The van der Waals surface area contributed by atoms with Crippen LogP contribution in [0.5, 0.6) is 0 Å². The molecule has 11 heavy (non-hydrogen) atoms. The van der Waals surface area contributed by atoms with Crippen LogP contribution in [0.2, 0.25) is 0 Å². The van der Waals surface area contributed by atoms with Crippen molar-refractivity contribution in [3.63, 3.8) is 0 Å². The summed E-state index contributed by atoms with van der Waals surface area (Å²) < 4.78 is 5.19. The Bertz CT molecular complexity index is 172. The first-order valence-electron chi connectivity index (χ1n) is 3.86. The Morgan fingerprint density at radius 1 is 1.64 bits per heavy atom. The zero-order valence-electron chi connectivity index (χ0n) is 6.91. The molecule has 0 aromatic rings. The molecule has 1 aliphatic heterocycles. The van der Waals surface area contributed by atoms with Gasteiger partial charge in [0.1, 0.15) is 6.61 Å². The van der Waals surface area contributed by atoms with E-state index in [1.54, 1.807) is 0 Å². The van der Waals surface area contributed by atoms with Crippen molar-refractivity contribution in [2.24, 2.45) is 11.8 Å². The molecule has 0 aromatic heterocycles. The van der Waals surface area contributed by atoms with Crippen LogP contribution in [0, 0.1) is 18.4 Å². The predicted molar refractivity (Wildman–Crippen MR) is 41.9 cm³/mol. The third kappa shape index (κ3) is 1.51. The minimum absolute atomic E-state index is 0.0531. The van der Waals surface area contributed by atoms with Crippen molar-refractivity contribution >= 4 is 5.78 Å². The van der Waals surface area contributed by atoms with Crippen LogP contribution in [0.4, 0.5) is 0 Å². The van der Waals surface area contributed by atoms with E-state index >= 15 is 0 Å². The van der Waals surface area contributed by atoms with Gasteiger partial charge in [0.2, 0.25) is 0 Å². The van der Waals surface area contributed by atoms with Crippen LogP contribution in [-0.4, -0.2) is 18.5 Å².